The standard InChI is InChI=1S/C51H48ClN3O7/c1-34-23-26-42-43(27-34)54-55-50(53-42)45(51(56)57-2)40-28-39(24-25-41(40)52)46-48(60-31-37-19-11-5-12-20-37)49(61-32-38-21-13-6-14-22-38)47(59-30-36-17-9-4-10-18-36)44(62-46)33-58-29-35-15-7-3-8-16-35/h3-28,44-49H,29-33H2,1-2H3/t44-,45?,46+,47-,48+,49+/m1/s1. The molecule has 11 heteroatoms. The number of benzene rings is 6. The summed E-state index contributed by atoms with van der Waals surface area (Å²) in [6.07, 6.45) is -3.41. The van der Waals surface area contributed by atoms with Gasteiger partial charge in [-0.1, -0.05) is 151 Å². The number of ether oxygens (including phenoxy) is 6. The Labute approximate surface area is 366 Å². The lowest BCUT2D eigenvalue weighted by Crippen LogP contribution is -2.58. The molecule has 316 valence electrons. The van der Waals surface area contributed by atoms with E-state index in [1.807, 2.05) is 159 Å². The van der Waals surface area contributed by atoms with E-state index in [4.69, 9.17) is 45.0 Å². The maximum absolute atomic E-state index is 13.8. The van der Waals surface area contributed by atoms with Crippen molar-refractivity contribution in [3.8, 4) is 0 Å². The van der Waals surface area contributed by atoms with Crippen molar-refractivity contribution in [2.45, 2.75) is 69.8 Å². The number of aryl methyl sites for hydroxylation is 1. The lowest BCUT2D eigenvalue weighted by atomic mass is 9.88. The number of halogens is 1. The molecule has 0 bridgehead atoms. The first-order valence-electron chi connectivity index (χ1n) is 20.7. The molecule has 0 saturated carbocycles. The molecule has 8 rings (SSSR count). The first-order chi connectivity index (χ1) is 30.4. The van der Waals surface area contributed by atoms with Gasteiger partial charge in [-0.05, 0) is 64.1 Å². The van der Waals surface area contributed by atoms with E-state index in [1.165, 1.54) is 7.11 Å². The number of fused-ring (bicyclic) bond motifs is 1. The van der Waals surface area contributed by atoms with E-state index >= 15 is 0 Å². The van der Waals surface area contributed by atoms with Crippen LogP contribution in [0.5, 0.6) is 0 Å². The van der Waals surface area contributed by atoms with Crippen LogP contribution in [0.2, 0.25) is 5.02 Å². The fraction of sp³-hybridized carbons (Fsp3) is 0.255. The number of hydrogen-bond acceptors (Lipinski definition) is 10. The van der Waals surface area contributed by atoms with Gasteiger partial charge >= 0.3 is 5.97 Å². The normalized spacial score (nSPS) is 19.2. The van der Waals surface area contributed by atoms with Crippen molar-refractivity contribution in [2.75, 3.05) is 13.7 Å². The summed E-state index contributed by atoms with van der Waals surface area (Å²) >= 11 is 7.00. The molecule has 0 spiro atoms. The van der Waals surface area contributed by atoms with E-state index in [9.17, 15) is 4.79 Å². The number of hydrogen-bond donors (Lipinski definition) is 0. The molecule has 1 saturated heterocycles. The Morgan fingerprint density at radius 2 is 1.18 bits per heavy atom. The summed E-state index contributed by atoms with van der Waals surface area (Å²) in [5.74, 6) is -1.54. The number of carbonyl (C=O) groups is 1. The first-order valence-corrected chi connectivity index (χ1v) is 21.0. The van der Waals surface area contributed by atoms with E-state index in [0.29, 0.717) is 40.4 Å². The zero-order chi connectivity index (χ0) is 42.7. The lowest BCUT2D eigenvalue weighted by molar-refractivity contribution is -0.275. The number of esters is 1. The minimum Gasteiger partial charge on any atom is -0.468 e. The Hall–Kier alpha value is -5.85. The second-order valence-electron chi connectivity index (χ2n) is 15.3. The Bertz CT molecular complexity index is 2520. The molecule has 62 heavy (non-hydrogen) atoms. The predicted octanol–water partition coefficient (Wildman–Crippen LogP) is 9.70. The summed E-state index contributed by atoms with van der Waals surface area (Å²) in [7, 11) is 1.33. The SMILES string of the molecule is COC(=O)C(c1nnc2cc(C)ccc2n1)c1cc([C@@H]2O[C@H](COCc3ccccc3)[C@@H](OCc3ccccc3)[C@H](OCc3ccccc3)[C@H]2OCc2ccccc2)ccc1Cl. The monoisotopic (exact) mass is 849 g/mol. The van der Waals surface area contributed by atoms with Crippen LogP contribution < -0.4 is 0 Å². The summed E-state index contributed by atoms with van der Waals surface area (Å²) in [4.78, 5) is 18.5. The Morgan fingerprint density at radius 3 is 1.76 bits per heavy atom. The Morgan fingerprint density at radius 1 is 0.629 bits per heavy atom. The average molecular weight is 850 g/mol. The quantitative estimate of drug-likeness (QED) is 0.0822. The Kier molecular flexibility index (Phi) is 14.4. The minimum absolute atomic E-state index is 0.152. The summed E-state index contributed by atoms with van der Waals surface area (Å²) in [6.45, 7) is 3.37. The number of carbonyl (C=O) groups excluding carboxylic acids is 1. The highest BCUT2D eigenvalue weighted by atomic mass is 35.5. The van der Waals surface area contributed by atoms with Crippen molar-refractivity contribution in [3.05, 3.63) is 208 Å². The van der Waals surface area contributed by atoms with Crippen LogP contribution >= 0.6 is 11.6 Å². The molecule has 0 N–H and O–H groups in total. The number of methoxy groups -OCH3 is 1. The second kappa shape index (κ2) is 20.8. The minimum atomic E-state index is -1.10. The molecule has 2 heterocycles. The van der Waals surface area contributed by atoms with Crippen LogP contribution in [0.25, 0.3) is 11.0 Å². The highest BCUT2D eigenvalue weighted by Crippen LogP contribution is 2.41. The fourth-order valence-electron chi connectivity index (χ4n) is 7.69. The summed E-state index contributed by atoms with van der Waals surface area (Å²) in [5, 5.41) is 9.16. The number of nitrogens with zero attached hydrogens (tertiary/aromatic N) is 3. The highest BCUT2D eigenvalue weighted by molar-refractivity contribution is 6.31. The fourth-order valence-corrected chi connectivity index (χ4v) is 7.92. The lowest BCUT2D eigenvalue weighted by Gasteiger charge is -2.46. The van der Waals surface area contributed by atoms with Gasteiger partial charge in [0.2, 0.25) is 0 Å². The van der Waals surface area contributed by atoms with Gasteiger partial charge in [-0.25, -0.2) is 4.98 Å². The smallest absolute Gasteiger partial charge is 0.321 e. The van der Waals surface area contributed by atoms with E-state index < -0.39 is 42.4 Å². The van der Waals surface area contributed by atoms with Crippen molar-refractivity contribution < 1.29 is 33.2 Å². The molecule has 1 aliphatic rings. The highest BCUT2D eigenvalue weighted by Gasteiger charge is 2.49. The molecular weight excluding hydrogens is 802 g/mol. The molecular formula is C51H48ClN3O7. The molecule has 1 aliphatic heterocycles. The third kappa shape index (κ3) is 10.6. The zero-order valence-electron chi connectivity index (χ0n) is 34.6. The van der Waals surface area contributed by atoms with Gasteiger partial charge in [0.1, 0.15) is 42.0 Å². The summed E-state index contributed by atoms with van der Waals surface area (Å²) in [6, 6.07) is 51.1. The van der Waals surface area contributed by atoms with E-state index in [0.717, 1.165) is 27.8 Å². The van der Waals surface area contributed by atoms with Gasteiger partial charge < -0.3 is 28.4 Å². The predicted molar refractivity (Wildman–Crippen MR) is 236 cm³/mol. The molecule has 0 radical (unpaired) electrons. The van der Waals surface area contributed by atoms with Crippen LogP contribution in [-0.4, -0.2) is 59.3 Å². The molecule has 6 aromatic carbocycles. The first kappa shape index (κ1) is 42.8. The number of aromatic nitrogens is 3. The van der Waals surface area contributed by atoms with Gasteiger partial charge in [0.25, 0.3) is 0 Å². The van der Waals surface area contributed by atoms with Gasteiger partial charge in [-0.15, -0.1) is 10.2 Å². The molecule has 1 fully saturated rings. The molecule has 1 unspecified atom stereocenters. The van der Waals surface area contributed by atoms with Gasteiger partial charge in [-0.2, -0.15) is 0 Å². The van der Waals surface area contributed by atoms with E-state index in [2.05, 4.69) is 10.2 Å². The Balaban J connectivity index is 1.21. The molecule has 1 aromatic heterocycles. The summed E-state index contributed by atoms with van der Waals surface area (Å²) < 4.78 is 39.7. The van der Waals surface area contributed by atoms with Crippen LogP contribution in [0.4, 0.5) is 0 Å². The van der Waals surface area contributed by atoms with Gasteiger partial charge in [0.05, 0.1) is 45.7 Å². The van der Waals surface area contributed by atoms with Crippen LogP contribution in [0, 0.1) is 6.92 Å². The molecule has 0 amide bonds. The van der Waals surface area contributed by atoms with Crippen LogP contribution in [0.1, 0.15) is 56.8 Å². The van der Waals surface area contributed by atoms with E-state index in [1.54, 1.807) is 6.07 Å². The maximum Gasteiger partial charge on any atom is 0.321 e. The maximum atomic E-state index is 13.8. The topological polar surface area (TPSA) is 111 Å². The third-order valence-electron chi connectivity index (χ3n) is 10.9. The third-order valence-corrected chi connectivity index (χ3v) is 11.2. The van der Waals surface area contributed by atoms with Crippen molar-refractivity contribution in [1.82, 2.24) is 15.2 Å². The molecule has 0 aliphatic carbocycles. The summed E-state index contributed by atoms with van der Waals surface area (Å²) in [5.41, 5.74) is 7.31. The van der Waals surface area contributed by atoms with Crippen LogP contribution in [0.15, 0.2) is 158 Å². The van der Waals surface area contributed by atoms with Crippen LogP contribution in [-0.2, 0) is 59.6 Å². The molecule has 6 atom stereocenters. The zero-order valence-corrected chi connectivity index (χ0v) is 35.3. The molecule has 10 nitrogen and oxygen atoms in total. The van der Waals surface area contributed by atoms with Crippen molar-refractivity contribution in [3.63, 3.8) is 0 Å². The average Bonchev–Trinajstić information content (AvgIpc) is 3.31. The van der Waals surface area contributed by atoms with E-state index in [-0.39, 0.29) is 25.6 Å². The van der Waals surface area contributed by atoms with Crippen molar-refractivity contribution in [2.24, 2.45) is 0 Å². The number of rotatable bonds is 17. The van der Waals surface area contributed by atoms with Gasteiger partial charge in [-0.3, -0.25) is 4.79 Å². The van der Waals surface area contributed by atoms with Crippen molar-refractivity contribution in [1.29, 1.82) is 0 Å². The van der Waals surface area contributed by atoms with Gasteiger partial charge in [0, 0.05) is 5.02 Å². The molecule has 7 aromatic rings. The van der Waals surface area contributed by atoms with Crippen molar-refractivity contribution >= 4 is 28.6 Å². The largest absolute Gasteiger partial charge is 0.468 e. The van der Waals surface area contributed by atoms with Crippen LogP contribution in [0.3, 0.4) is 0 Å². The van der Waals surface area contributed by atoms with Gasteiger partial charge in [0.15, 0.2) is 5.82 Å². The second-order valence-corrected chi connectivity index (χ2v) is 15.7.